The quantitative estimate of drug-likeness (QED) is 0.638. The molecule has 0 aliphatic rings. The van der Waals surface area contributed by atoms with E-state index in [1.165, 1.54) is 24.3 Å². The summed E-state index contributed by atoms with van der Waals surface area (Å²) >= 11 is 5.79. The zero-order chi connectivity index (χ0) is 15.6. The van der Waals surface area contributed by atoms with Crippen LogP contribution in [0.2, 0.25) is 5.15 Å². The molecule has 2 aromatic rings. The van der Waals surface area contributed by atoms with Crippen LogP contribution in [0.4, 0.5) is 23.2 Å². The molecule has 0 radical (unpaired) electrons. The molecule has 21 heavy (non-hydrogen) atoms. The molecule has 0 fully saturated rings. The number of hydrogen-bond acceptors (Lipinski definition) is 2. The van der Waals surface area contributed by atoms with Crippen molar-refractivity contribution in [2.24, 2.45) is 0 Å². The van der Waals surface area contributed by atoms with Crippen molar-refractivity contribution in [1.29, 1.82) is 0 Å². The van der Waals surface area contributed by atoms with Gasteiger partial charge in [0.15, 0.2) is 0 Å². The molecule has 0 saturated carbocycles. The molecule has 0 aliphatic heterocycles. The van der Waals surface area contributed by atoms with E-state index in [4.69, 9.17) is 11.6 Å². The Kier molecular flexibility index (Phi) is 4.18. The van der Waals surface area contributed by atoms with E-state index in [1.54, 1.807) is 0 Å². The summed E-state index contributed by atoms with van der Waals surface area (Å²) in [6.45, 7) is 3.63. The largest absolute Gasteiger partial charge is 0.417 e. The molecular formula is C14H9ClF4N2. The van der Waals surface area contributed by atoms with Gasteiger partial charge in [-0.05, 0) is 30.3 Å². The second-order valence-corrected chi connectivity index (χ2v) is 4.53. The van der Waals surface area contributed by atoms with Crippen molar-refractivity contribution < 1.29 is 17.6 Å². The molecule has 110 valence electrons. The molecule has 2 rings (SSSR count). The first-order valence-electron chi connectivity index (χ1n) is 5.72. The van der Waals surface area contributed by atoms with E-state index in [9.17, 15) is 17.6 Å². The number of halogens is 5. The zero-order valence-corrected chi connectivity index (χ0v) is 11.3. The molecule has 0 atom stereocenters. The Morgan fingerprint density at radius 2 is 1.81 bits per heavy atom. The van der Waals surface area contributed by atoms with Crippen LogP contribution in [0.25, 0.3) is 5.70 Å². The van der Waals surface area contributed by atoms with Gasteiger partial charge in [-0.3, -0.25) is 0 Å². The maximum atomic E-state index is 12.8. The van der Waals surface area contributed by atoms with Gasteiger partial charge in [-0.25, -0.2) is 9.37 Å². The lowest BCUT2D eigenvalue weighted by molar-refractivity contribution is -0.137. The van der Waals surface area contributed by atoms with Gasteiger partial charge in [0.05, 0.1) is 5.56 Å². The molecule has 1 N–H and O–H groups in total. The van der Waals surface area contributed by atoms with Crippen LogP contribution in [-0.2, 0) is 6.18 Å². The van der Waals surface area contributed by atoms with E-state index >= 15 is 0 Å². The third kappa shape index (κ3) is 3.72. The van der Waals surface area contributed by atoms with Gasteiger partial charge in [-0.1, -0.05) is 18.2 Å². The van der Waals surface area contributed by atoms with Crippen LogP contribution in [0.1, 0.15) is 11.1 Å². The van der Waals surface area contributed by atoms with Crippen LogP contribution < -0.4 is 5.32 Å². The van der Waals surface area contributed by atoms with Gasteiger partial charge in [0.2, 0.25) is 0 Å². The highest BCUT2D eigenvalue weighted by atomic mass is 35.5. The van der Waals surface area contributed by atoms with Gasteiger partial charge in [0, 0.05) is 23.1 Å². The Hall–Kier alpha value is -2.08. The Balaban J connectivity index is 2.28. The Morgan fingerprint density at radius 3 is 2.38 bits per heavy atom. The fraction of sp³-hybridized carbons (Fsp3) is 0.0714. The molecular weight excluding hydrogens is 308 g/mol. The highest BCUT2D eigenvalue weighted by molar-refractivity contribution is 6.31. The smallest absolute Gasteiger partial charge is 0.355 e. The number of alkyl halides is 3. The second kappa shape index (κ2) is 5.73. The van der Waals surface area contributed by atoms with E-state index in [2.05, 4.69) is 16.9 Å². The Bertz CT molecular complexity index is 666. The van der Waals surface area contributed by atoms with Gasteiger partial charge >= 0.3 is 6.18 Å². The number of rotatable bonds is 3. The van der Waals surface area contributed by atoms with Crippen molar-refractivity contribution in [3.05, 3.63) is 65.2 Å². The van der Waals surface area contributed by atoms with Crippen molar-refractivity contribution >= 4 is 23.0 Å². The average Bonchev–Trinajstić information content (AvgIpc) is 2.40. The number of nitrogens with zero attached hydrogens (tertiary/aromatic N) is 1. The van der Waals surface area contributed by atoms with Crippen LogP contribution in [0.15, 0.2) is 43.1 Å². The number of benzene rings is 1. The lowest BCUT2D eigenvalue weighted by Gasteiger charge is -2.13. The van der Waals surface area contributed by atoms with E-state index in [0.717, 1.165) is 6.07 Å². The summed E-state index contributed by atoms with van der Waals surface area (Å²) in [4.78, 5) is 3.51. The molecule has 0 bridgehead atoms. The van der Waals surface area contributed by atoms with Crippen molar-refractivity contribution in [2.45, 2.75) is 6.18 Å². The predicted molar refractivity (Wildman–Crippen MR) is 73.3 cm³/mol. The summed E-state index contributed by atoms with van der Waals surface area (Å²) < 4.78 is 50.8. The minimum Gasteiger partial charge on any atom is -0.355 e. The van der Waals surface area contributed by atoms with Crippen molar-refractivity contribution in [3.63, 3.8) is 0 Å². The molecule has 1 heterocycles. The molecule has 2 nitrogen and oxygen atoms in total. The maximum absolute atomic E-state index is 12.8. The number of hydrogen-bond donors (Lipinski definition) is 1. The molecule has 0 spiro atoms. The maximum Gasteiger partial charge on any atom is 0.417 e. The van der Waals surface area contributed by atoms with Gasteiger partial charge in [-0.15, -0.1) is 0 Å². The van der Waals surface area contributed by atoms with Gasteiger partial charge in [-0.2, -0.15) is 13.2 Å². The van der Waals surface area contributed by atoms with Crippen LogP contribution in [0, 0.1) is 5.82 Å². The summed E-state index contributed by atoms with van der Waals surface area (Å²) in [6.07, 6.45) is -3.88. The van der Waals surface area contributed by atoms with Gasteiger partial charge in [0.1, 0.15) is 11.0 Å². The summed E-state index contributed by atoms with van der Waals surface area (Å²) in [5.74, 6) is -0.426. The fourth-order valence-electron chi connectivity index (χ4n) is 1.59. The SMILES string of the molecule is C=C(Nc1ccc(F)cc1)c1cc(C(F)(F)F)cnc1Cl. The lowest BCUT2D eigenvalue weighted by Crippen LogP contribution is -2.08. The number of pyridine rings is 1. The zero-order valence-electron chi connectivity index (χ0n) is 10.5. The Morgan fingerprint density at radius 1 is 1.19 bits per heavy atom. The average molecular weight is 317 g/mol. The van der Waals surface area contributed by atoms with Gasteiger partial charge < -0.3 is 5.32 Å². The monoisotopic (exact) mass is 316 g/mol. The minimum absolute atomic E-state index is 0.0239. The molecule has 0 unspecified atom stereocenters. The summed E-state index contributed by atoms with van der Waals surface area (Å²) in [5, 5.41) is 2.64. The summed E-state index contributed by atoms with van der Waals surface area (Å²) in [6, 6.07) is 6.13. The molecule has 0 aliphatic carbocycles. The first-order chi connectivity index (χ1) is 9.77. The van der Waals surface area contributed by atoms with Crippen molar-refractivity contribution in [2.75, 3.05) is 5.32 Å². The third-order valence-electron chi connectivity index (χ3n) is 2.63. The minimum atomic E-state index is -4.53. The van der Waals surface area contributed by atoms with Crippen LogP contribution in [-0.4, -0.2) is 4.98 Å². The number of anilines is 1. The standard InChI is InChI=1S/C14H9ClF4N2/c1-8(21-11-4-2-10(16)3-5-11)12-6-9(14(17,18)19)7-20-13(12)15/h2-7,21H,1H2. The van der Waals surface area contributed by atoms with E-state index in [0.29, 0.717) is 11.9 Å². The highest BCUT2D eigenvalue weighted by Gasteiger charge is 2.31. The highest BCUT2D eigenvalue weighted by Crippen LogP contribution is 2.32. The normalized spacial score (nSPS) is 11.3. The van der Waals surface area contributed by atoms with Crippen LogP contribution in [0.5, 0.6) is 0 Å². The topological polar surface area (TPSA) is 24.9 Å². The van der Waals surface area contributed by atoms with Gasteiger partial charge in [0.25, 0.3) is 0 Å². The molecule has 1 aromatic heterocycles. The molecule has 1 aromatic carbocycles. The Labute approximate surface area is 123 Å². The molecule has 7 heteroatoms. The molecule has 0 amide bonds. The van der Waals surface area contributed by atoms with Crippen molar-refractivity contribution in [1.82, 2.24) is 4.98 Å². The molecule has 0 saturated heterocycles. The van der Waals surface area contributed by atoms with E-state index in [-0.39, 0.29) is 16.4 Å². The summed E-state index contributed by atoms with van der Waals surface area (Å²) in [5.41, 5.74) is -0.306. The summed E-state index contributed by atoms with van der Waals surface area (Å²) in [7, 11) is 0. The third-order valence-corrected chi connectivity index (χ3v) is 2.93. The number of aromatic nitrogens is 1. The lowest BCUT2D eigenvalue weighted by atomic mass is 10.1. The van der Waals surface area contributed by atoms with Crippen molar-refractivity contribution in [3.8, 4) is 0 Å². The number of nitrogens with one attached hydrogen (secondary N) is 1. The van der Waals surface area contributed by atoms with Crippen LogP contribution >= 0.6 is 11.6 Å². The first kappa shape index (κ1) is 15.3. The predicted octanol–water partition coefficient (Wildman–Crippen LogP) is 4.98. The van der Waals surface area contributed by atoms with E-state index < -0.39 is 17.6 Å². The fourth-order valence-corrected chi connectivity index (χ4v) is 1.81. The first-order valence-corrected chi connectivity index (χ1v) is 6.10. The van der Waals surface area contributed by atoms with E-state index in [1.807, 2.05) is 0 Å². The van der Waals surface area contributed by atoms with Crippen LogP contribution in [0.3, 0.4) is 0 Å². The second-order valence-electron chi connectivity index (χ2n) is 4.17.